The average molecular weight is 343 g/mol. The molecule has 0 saturated heterocycles. The molecular formula is C15H13BrF2O2. The lowest BCUT2D eigenvalue weighted by Crippen LogP contribution is -2.06. The molecule has 2 aromatic rings. The fourth-order valence-corrected chi connectivity index (χ4v) is 2.35. The first kappa shape index (κ1) is 14.9. The zero-order chi connectivity index (χ0) is 14.9. The van der Waals surface area contributed by atoms with Gasteiger partial charge in [-0.2, -0.15) is 0 Å². The molecule has 2 nitrogen and oxygen atoms in total. The number of rotatable bonds is 3. The van der Waals surface area contributed by atoms with E-state index in [1.54, 1.807) is 18.2 Å². The van der Waals surface area contributed by atoms with Crippen LogP contribution in [0.1, 0.15) is 22.8 Å². The minimum absolute atomic E-state index is 0.0142. The van der Waals surface area contributed by atoms with Gasteiger partial charge in [-0.15, -0.1) is 0 Å². The van der Waals surface area contributed by atoms with Gasteiger partial charge in [-0.3, -0.25) is 0 Å². The summed E-state index contributed by atoms with van der Waals surface area (Å²) in [6.07, 6.45) is -1.23. The van der Waals surface area contributed by atoms with E-state index >= 15 is 0 Å². The van der Waals surface area contributed by atoms with Crippen LogP contribution in [0.3, 0.4) is 0 Å². The van der Waals surface area contributed by atoms with Crippen molar-refractivity contribution in [3.63, 3.8) is 0 Å². The molecule has 2 aromatic carbocycles. The maximum absolute atomic E-state index is 13.9. The third-order valence-corrected chi connectivity index (χ3v) is 3.55. The van der Waals surface area contributed by atoms with E-state index < -0.39 is 17.7 Å². The van der Waals surface area contributed by atoms with E-state index in [0.29, 0.717) is 11.3 Å². The average Bonchev–Trinajstić information content (AvgIpc) is 2.42. The Balaban J connectivity index is 2.54. The number of methoxy groups -OCH3 is 1. The summed E-state index contributed by atoms with van der Waals surface area (Å²) in [4.78, 5) is 0. The Bertz CT molecular complexity index is 644. The van der Waals surface area contributed by atoms with Crippen molar-refractivity contribution >= 4 is 15.9 Å². The molecule has 0 bridgehead atoms. The van der Waals surface area contributed by atoms with Crippen LogP contribution in [0.15, 0.2) is 34.8 Å². The van der Waals surface area contributed by atoms with E-state index in [1.165, 1.54) is 20.1 Å². The Kier molecular flexibility index (Phi) is 4.40. The molecular weight excluding hydrogens is 330 g/mol. The molecule has 0 aliphatic rings. The van der Waals surface area contributed by atoms with Gasteiger partial charge in [-0.25, -0.2) is 8.78 Å². The summed E-state index contributed by atoms with van der Waals surface area (Å²) in [5.74, 6) is -0.996. The highest BCUT2D eigenvalue weighted by molar-refractivity contribution is 9.10. The normalized spacial score (nSPS) is 12.3. The number of aliphatic hydroxyl groups is 1. The Morgan fingerprint density at radius 2 is 1.80 bits per heavy atom. The summed E-state index contributed by atoms with van der Waals surface area (Å²) in [5, 5.41) is 10.4. The smallest absolute Gasteiger partial charge is 0.132 e. The van der Waals surface area contributed by atoms with Crippen LogP contribution in [-0.2, 0) is 0 Å². The summed E-state index contributed by atoms with van der Waals surface area (Å²) < 4.78 is 33.0. The SMILES string of the molecule is COc1ccc(Br)cc1C(O)c1cc(C)c(F)cc1F. The minimum Gasteiger partial charge on any atom is -0.496 e. The maximum atomic E-state index is 13.9. The van der Waals surface area contributed by atoms with E-state index in [4.69, 9.17) is 4.74 Å². The van der Waals surface area contributed by atoms with Gasteiger partial charge in [0.05, 0.1) is 7.11 Å². The van der Waals surface area contributed by atoms with Crippen LogP contribution in [0.25, 0.3) is 0 Å². The molecule has 1 unspecified atom stereocenters. The fraction of sp³-hybridized carbons (Fsp3) is 0.200. The molecule has 0 saturated carbocycles. The molecule has 0 amide bonds. The third kappa shape index (κ3) is 2.83. The second kappa shape index (κ2) is 5.89. The van der Waals surface area contributed by atoms with Crippen LogP contribution in [0.2, 0.25) is 0 Å². The van der Waals surface area contributed by atoms with Gasteiger partial charge in [0.25, 0.3) is 0 Å². The molecule has 0 spiro atoms. The predicted octanol–water partition coefficient (Wildman–Crippen LogP) is 4.13. The summed E-state index contributed by atoms with van der Waals surface area (Å²) in [6, 6.07) is 7.13. The highest BCUT2D eigenvalue weighted by atomic mass is 79.9. The fourth-order valence-electron chi connectivity index (χ4n) is 1.98. The van der Waals surface area contributed by atoms with Crippen molar-refractivity contribution < 1.29 is 18.6 Å². The molecule has 0 fully saturated rings. The molecule has 0 aromatic heterocycles. The number of benzene rings is 2. The quantitative estimate of drug-likeness (QED) is 0.908. The molecule has 0 radical (unpaired) electrons. The van der Waals surface area contributed by atoms with Crippen molar-refractivity contribution in [2.24, 2.45) is 0 Å². The first-order chi connectivity index (χ1) is 9.43. The van der Waals surface area contributed by atoms with Crippen LogP contribution in [0, 0.1) is 18.6 Å². The van der Waals surface area contributed by atoms with Gasteiger partial charge >= 0.3 is 0 Å². The van der Waals surface area contributed by atoms with Crippen molar-refractivity contribution in [1.82, 2.24) is 0 Å². The van der Waals surface area contributed by atoms with Crippen LogP contribution in [0.4, 0.5) is 8.78 Å². The third-order valence-electron chi connectivity index (χ3n) is 3.06. The van der Waals surface area contributed by atoms with Crippen LogP contribution in [0.5, 0.6) is 5.75 Å². The highest BCUT2D eigenvalue weighted by Gasteiger charge is 2.20. The molecule has 0 aliphatic heterocycles. The minimum atomic E-state index is -1.23. The Hall–Kier alpha value is -1.46. The first-order valence-corrected chi connectivity index (χ1v) is 6.70. The number of aryl methyl sites for hydroxylation is 1. The molecule has 1 atom stereocenters. The lowest BCUT2D eigenvalue weighted by molar-refractivity contribution is 0.209. The predicted molar refractivity (Wildman–Crippen MR) is 75.9 cm³/mol. The second-order valence-electron chi connectivity index (χ2n) is 4.41. The van der Waals surface area contributed by atoms with Crippen LogP contribution < -0.4 is 4.74 Å². The number of ether oxygens (including phenoxy) is 1. The number of hydrogen-bond donors (Lipinski definition) is 1. The molecule has 0 aliphatic carbocycles. The van der Waals surface area contributed by atoms with Crippen molar-refractivity contribution in [2.75, 3.05) is 7.11 Å². The van der Waals surface area contributed by atoms with E-state index in [-0.39, 0.29) is 11.1 Å². The van der Waals surface area contributed by atoms with Crippen molar-refractivity contribution in [3.05, 3.63) is 63.1 Å². The largest absolute Gasteiger partial charge is 0.496 e. The van der Waals surface area contributed by atoms with Gasteiger partial charge in [0.2, 0.25) is 0 Å². The molecule has 20 heavy (non-hydrogen) atoms. The van der Waals surface area contributed by atoms with Gasteiger partial charge in [0, 0.05) is 21.7 Å². The Morgan fingerprint density at radius 1 is 1.10 bits per heavy atom. The van der Waals surface area contributed by atoms with Gasteiger partial charge in [-0.05, 0) is 36.8 Å². The molecule has 2 rings (SSSR count). The first-order valence-electron chi connectivity index (χ1n) is 5.91. The van der Waals surface area contributed by atoms with E-state index in [9.17, 15) is 13.9 Å². The number of aliphatic hydroxyl groups excluding tert-OH is 1. The maximum Gasteiger partial charge on any atom is 0.132 e. The lowest BCUT2D eigenvalue weighted by Gasteiger charge is -2.17. The second-order valence-corrected chi connectivity index (χ2v) is 5.33. The zero-order valence-corrected chi connectivity index (χ0v) is 12.5. The van der Waals surface area contributed by atoms with Gasteiger partial charge < -0.3 is 9.84 Å². The van der Waals surface area contributed by atoms with E-state index in [2.05, 4.69) is 15.9 Å². The van der Waals surface area contributed by atoms with Crippen LogP contribution >= 0.6 is 15.9 Å². The Labute approximate surface area is 124 Å². The van der Waals surface area contributed by atoms with Crippen molar-refractivity contribution in [1.29, 1.82) is 0 Å². The number of halogens is 3. The van der Waals surface area contributed by atoms with Crippen LogP contribution in [-0.4, -0.2) is 12.2 Å². The van der Waals surface area contributed by atoms with Gasteiger partial charge in [-0.1, -0.05) is 15.9 Å². The number of hydrogen-bond acceptors (Lipinski definition) is 2. The molecule has 106 valence electrons. The summed E-state index contributed by atoms with van der Waals surface area (Å²) in [6.45, 7) is 1.52. The summed E-state index contributed by atoms with van der Waals surface area (Å²) in [7, 11) is 1.46. The monoisotopic (exact) mass is 342 g/mol. The lowest BCUT2D eigenvalue weighted by atomic mass is 9.98. The van der Waals surface area contributed by atoms with Gasteiger partial charge in [0.15, 0.2) is 0 Å². The molecule has 1 N–H and O–H groups in total. The zero-order valence-electron chi connectivity index (χ0n) is 11.0. The Morgan fingerprint density at radius 3 is 2.45 bits per heavy atom. The van der Waals surface area contributed by atoms with E-state index in [1.807, 2.05) is 0 Å². The van der Waals surface area contributed by atoms with Crippen molar-refractivity contribution in [2.45, 2.75) is 13.0 Å². The highest BCUT2D eigenvalue weighted by Crippen LogP contribution is 2.34. The summed E-state index contributed by atoms with van der Waals surface area (Å²) >= 11 is 3.29. The van der Waals surface area contributed by atoms with E-state index in [0.717, 1.165) is 10.5 Å². The topological polar surface area (TPSA) is 29.5 Å². The molecule has 5 heteroatoms. The van der Waals surface area contributed by atoms with Gasteiger partial charge in [0.1, 0.15) is 23.5 Å². The van der Waals surface area contributed by atoms with Crippen molar-refractivity contribution in [3.8, 4) is 5.75 Å². The summed E-state index contributed by atoms with van der Waals surface area (Å²) in [5.41, 5.74) is 0.696. The standard InChI is InChI=1S/C15H13BrF2O2/c1-8-5-10(13(18)7-12(8)17)15(19)11-6-9(16)3-4-14(11)20-2/h3-7,15,19H,1-2H3. The molecule has 0 heterocycles.